The first-order valence-corrected chi connectivity index (χ1v) is 11.0. The molecule has 2 heterocycles. The van der Waals surface area contributed by atoms with Crippen molar-refractivity contribution in [3.05, 3.63) is 23.9 Å². The maximum atomic E-state index is 12.7. The molecule has 1 aliphatic carbocycles. The van der Waals surface area contributed by atoms with E-state index in [1.807, 2.05) is 32.9 Å². The largest absolute Gasteiger partial charge is 0.474 e. The quantitative estimate of drug-likeness (QED) is 0.786. The number of nitrogens with one attached hydrogen (secondary N) is 1. The fourth-order valence-corrected chi connectivity index (χ4v) is 4.18. The highest BCUT2D eigenvalue weighted by Crippen LogP contribution is 2.25. The standard InChI is InChI=1S/C23H35N3O3/c1-23(2,3)15-21(27)26-13-7-10-19(26)22(28)25-16-17-11-12-24-20(14-17)29-18-8-5-4-6-9-18/h11-12,14,18-19H,4-10,13,15-16H2,1-3H3,(H,25,28). The number of carbonyl (C=O) groups is 2. The summed E-state index contributed by atoms with van der Waals surface area (Å²) in [6.07, 6.45) is 9.94. The van der Waals surface area contributed by atoms with Crippen molar-refractivity contribution in [3.63, 3.8) is 0 Å². The van der Waals surface area contributed by atoms with Crippen molar-refractivity contribution in [2.75, 3.05) is 6.54 Å². The molecule has 1 aromatic rings. The number of rotatable bonds is 6. The third-order valence-corrected chi connectivity index (χ3v) is 5.66. The molecule has 160 valence electrons. The number of hydrogen-bond donors (Lipinski definition) is 1. The fraction of sp³-hybridized carbons (Fsp3) is 0.696. The lowest BCUT2D eigenvalue weighted by Gasteiger charge is -2.27. The van der Waals surface area contributed by atoms with Crippen molar-refractivity contribution in [1.82, 2.24) is 15.2 Å². The van der Waals surface area contributed by atoms with Crippen LogP contribution >= 0.6 is 0 Å². The third-order valence-electron chi connectivity index (χ3n) is 5.66. The first-order valence-electron chi connectivity index (χ1n) is 11.0. The number of ether oxygens (including phenoxy) is 1. The number of aromatic nitrogens is 1. The van der Waals surface area contributed by atoms with Gasteiger partial charge in [0.1, 0.15) is 12.1 Å². The van der Waals surface area contributed by atoms with Crippen molar-refractivity contribution in [1.29, 1.82) is 0 Å². The monoisotopic (exact) mass is 401 g/mol. The third kappa shape index (κ3) is 6.44. The summed E-state index contributed by atoms with van der Waals surface area (Å²) >= 11 is 0. The molecule has 0 bridgehead atoms. The zero-order valence-corrected chi connectivity index (χ0v) is 18.1. The van der Waals surface area contributed by atoms with E-state index in [2.05, 4.69) is 10.3 Å². The Kier molecular flexibility index (Phi) is 7.14. The molecule has 1 atom stereocenters. The molecule has 1 N–H and O–H groups in total. The molecular weight excluding hydrogens is 366 g/mol. The lowest BCUT2D eigenvalue weighted by Crippen LogP contribution is -2.46. The molecule has 2 fully saturated rings. The van der Waals surface area contributed by atoms with Gasteiger partial charge in [0.05, 0.1) is 0 Å². The Morgan fingerprint density at radius 3 is 2.66 bits per heavy atom. The summed E-state index contributed by atoms with van der Waals surface area (Å²) in [7, 11) is 0. The van der Waals surface area contributed by atoms with Gasteiger partial charge in [-0.1, -0.05) is 27.2 Å². The van der Waals surface area contributed by atoms with Gasteiger partial charge in [0.15, 0.2) is 0 Å². The molecule has 6 nitrogen and oxygen atoms in total. The second-order valence-corrected chi connectivity index (χ2v) is 9.58. The molecule has 6 heteroatoms. The molecule has 2 aliphatic rings. The van der Waals surface area contributed by atoms with E-state index >= 15 is 0 Å². The van der Waals surface area contributed by atoms with E-state index in [-0.39, 0.29) is 29.4 Å². The average Bonchev–Trinajstić information content (AvgIpc) is 3.16. The van der Waals surface area contributed by atoms with Crippen LogP contribution in [0.3, 0.4) is 0 Å². The second kappa shape index (κ2) is 9.59. The SMILES string of the molecule is CC(C)(C)CC(=O)N1CCCC1C(=O)NCc1ccnc(OC2CCCCC2)c1. The molecule has 0 aromatic carbocycles. The van der Waals surface area contributed by atoms with Crippen LogP contribution in [-0.4, -0.2) is 40.4 Å². The molecular formula is C23H35N3O3. The summed E-state index contributed by atoms with van der Waals surface area (Å²) in [4.78, 5) is 31.4. The normalized spacial score (nSPS) is 20.5. The van der Waals surface area contributed by atoms with Gasteiger partial charge >= 0.3 is 0 Å². The van der Waals surface area contributed by atoms with Crippen LogP contribution < -0.4 is 10.1 Å². The summed E-state index contributed by atoms with van der Waals surface area (Å²) in [5.41, 5.74) is 0.886. The summed E-state index contributed by atoms with van der Waals surface area (Å²) in [6, 6.07) is 3.45. The van der Waals surface area contributed by atoms with Crippen LogP contribution in [0.4, 0.5) is 0 Å². The molecule has 0 spiro atoms. The molecule has 1 aliphatic heterocycles. The number of carbonyl (C=O) groups excluding carboxylic acids is 2. The van der Waals surface area contributed by atoms with E-state index < -0.39 is 0 Å². The van der Waals surface area contributed by atoms with Crippen molar-refractivity contribution in [2.24, 2.45) is 5.41 Å². The lowest BCUT2D eigenvalue weighted by molar-refractivity contribution is -0.139. The van der Waals surface area contributed by atoms with Crippen LogP contribution in [0.25, 0.3) is 0 Å². The van der Waals surface area contributed by atoms with Crippen molar-refractivity contribution < 1.29 is 14.3 Å². The topological polar surface area (TPSA) is 71.5 Å². The van der Waals surface area contributed by atoms with Gasteiger partial charge in [0.25, 0.3) is 0 Å². The predicted octanol–water partition coefficient (Wildman–Crippen LogP) is 3.84. The smallest absolute Gasteiger partial charge is 0.243 e. The van der Waals surface area contributed by atoms with Crippen molar-refractivity contribution >= 4 is 11.8 Å². The van der Waals surface area contributed by atoms with Gasteiger partial charge in [0, 0.05) is 31.8 Å². The Hall–Kier alpha value is -2.11. The summed E-state index contributed by atoms with van der Waals surface area (Å²) in [5, 5.41) is 3.00. The number of amides is 2. The molecule has 1 aromatic heterocycles. The van der Waals surface area contributed by atoms with Crippen LogP contribution in [0.1, 0.15) is 77.7 Å². The zero-order valence-electron chi connectivity index (χ0n) is 18.1. The minimum absolute atomic E-state index is 0.0715. The Morgan fingerprint density at radius 2 is 1.93 bits per heavy atom. The minimum atomic E-state index is -0.357. The van der Waals surface area contributed by atoms with Crippen LogP contribution in [0, 0.1) is 5.41 Å². The molecule has 1 unspecified atom stereocenters. The van der Waals surface area contributed by atoms with Gasteiger partial charge in [-0.2, -0.15) is 0 Å². The van der Waals surface area contributed by atoms with E-state index in [1.54, 1.807) is 11.1 Å². The van der Waals surface area contributed by atoms with Crippen LogP contribution in [0.2, 0.25) is 0 Å². The lowest BCUT2D eigenvalue weighted by atomic mass is 9.91. The number of pyridine rings is 1. The second-order valence-electron chi connectivity index (χ2n) is 9.58. The Morgan fingerprint density at radius 1 is 1.17 bits per heavy atom. The highest BCUT2D eigenvalue weighted by Gasteiger charge is 2.35. The molecule has 1 saturated heterocycles. The molecule has 0 radical (unpaired) electrons. The molecule has 3 rings (SSSR count). The first-order chi connectivity index (χ1) is 13.8. The van der Waals surface area contributed by atoms with Gasteiger partial charge in [0.2, 0.25) is 17.7 Å². The van der Waals surface area contributed by atoms with Crippen molar-refractivity contribution in [2.45, 2.75) is 90.8 Å². The fourth-order valence-electron chi connectivity index (χ4n) is 4.18. The molecule has 2 amide bonds. The Labute approximate surface area is 174 Å². The van der Waals surface area contributed by atoms with Gasteiger partial charge in [-0.05, 0) is 55.6 Å². The van der Waals surface area contributed by atoms with Crippen LogP contribution in [0.15, 0.2) is 18.3 Å². The number of likely N-dealkylation sites (tertiary alicyclic amines) is 1. The minimum Gasteiger partial charge on any atom is -0.474 e. The highest BCUT2D eigenvalue weighted by atomic mass is 16.5. The number of nitrogens with zero attached hydrogens (tertiary/aromatic N) is 2. The van der Waals surface area contributed by atoms with Gasteiger partial charge < -0.3 is 15.0 Å². The van der Waals surface area contributed by atoms with Crippen molar-refractivity contribution in [3.8, 4) is 5.88 Å². The first kappa shape index (κ1) is 21.6. The van der Waals surface area contributed by atoms with Crippen LogP contribution in [-0.2, 0) is 16.1 Å². The van der Waals surface area contributed by atoms with Gasteiger partial charge in [-0.25, -0.2) is 4.98 Å². The average molecular weight is 402 g/mol. The maximum Gasteiger partial charge on any atom is 0.243 e. The summed E-state index contributed by atoms with van der Waals surface area (Å²) < 4.78 is 6.02. The predicted molar refractivity (Wildman–Crippen MR) is 112 cm³/mol. The van der Waals surface area contributed by atoms with Gasteiger partial charge in [-0.3, -0.25) is 9.59 Å². The van der Waals surface area contributed by atoms with E-state index in [1.165, 1.54) is 19.3 Å². The van der Waals surface area contributed by atoms with E-state index in [0.717, 1.165) is 31.2 Å². The Bertz CT molecular complexity index is 708. The summed E-state index contributed by atoms with van der Waals surface area (Å²) in [5.74, 6) is 0.630. The zero-order chi connectivity index (χ0) is 20.9. The highest BCUT2D eigenvalue weighted by molar-refractivity contribution is 5.88. The van der Waals surface area contributed by atoms with Crippen LogP contribution in [0.5, 0.6) is 5.88 Å². The van der Waals surface area contributed by atoms with E-state index in [4.69, 9.17) is 4.74 Å². The maximum absolute atomic E-state index is 12.7. The molecule has 29 heavy (non-hydrogen) atoms. The Balaban J connectivity index is 1.53. The van der Waals surface area contributed by atoms with Gasteiger partial charge in [-0.15, -0.1) is 0 Å². The van der Waals surface area contributed by atoms with E-state index in [9.17, 15) is 9.59 Å². The molecule has 1 saturated carbocycles. The summed E-state index contributed by atoms with van der Waals surface area (Å²) in [6.45, 7) is 7.23. The van der Waals surface area contributed by atoms with E-state index in [0.29, 0.717) is 25.4 Å². The number of hydrogen-bond acceptors (Lipinski definition) is 4.